The van der Waals surface area contributed by atoms with Gasteiger partial charge >= 0.3 is 0 Å². The van der Waals surface area contributed by atoms with E-state index in [2.05, 4.69) is 21.2 Å². The highest BCUT2D eigenvalue weighted by atomic mass is 79.9. The van der Waals surface area contributed by atoms with Gasteiger partial charge in [-0.1, -0.05) is 6.07 Å². The van der Waals surface area contributed by atoms with Crippen LogP contribution in [0.25, 0.3) is 0 Å². The molecule has 1 rings (SSSR count). The number of sulfonamides is 1. The number of hydrogen-bond donors (Lipinski definition) is 1. The summed E-state index contributed by atoms with van der Waals surface area (Å²) >= 11 is 5.01. The van der Waals surface area contributed by atoms with Gasteiger partial charge in [-0.2, -0.15) is 16.1 Å². The Morgan fingerprint density at radius 3 is 2.60 bits per heavy atom. The highest BCUT2D eigenvalue weighted by Crippen LogP contribution is 2.27. The number of halogens is 1. The van der Waals surface area contributed by atoms with Gasteiger partial charge in [-0.25, -0.2) is 8.42 Å². The summed E-state index contributed by atoms with van der Waals surface area (Å²) in [6, 6.07) is 5.30. The molecule has 1 atom stereocenters. The van der Waals surface area contributed by atoms with Gasteiger partial charge in [0, 0.05) is 29.9 Å². The summed E-state index contributed by atoms with van der Waals surface area (Å²) in [6.45, 7) is 2.62. The van der Waals surface area contributed by atoms with E-state index >= 15 is 0 Å². The number of thioether (sulfide) groups is 1. The lowest BCUT2D eigenvalue weighted by Gasteiger charge is -2.24. The van der Waals surface area contributed by atoms with Crippen LogP contribution in [-0.2, 0) is 16.6 Å². The van der Waals surface area contributed by atoms with Crippen molar-refractivity contribution in [1.82, 2.24) is 9.62 Å². The summed E-state index contributed by atoms with van der Waals surface area (Å²) in [5.74, 6) is 0.769. The van der Waals surface area contributed by atoms with Crippen LogP contribution in [0.5, 0.6) is 0 Å². The van der Waals surface area contributed by atoms with Crippen LogP contribution in [0.2, 0.25) is 0 Å². The molecule has 7 heteroatoms. The molecular weight excluding hydrogens is 360 g/mol. The number of nitrogens with one attached hydrogen (secondary N) is 1. The lowest BCUT2D eigenvalue weighted by Crippen LogP contribution is -2.36. The SMILES string of the molecule is CNCc1ccc(S(=O)(=O)N(C)C(C)CSC)c(Br)c1. The second-order valence-electron chi connectivity index (χ2n) is 4.62. The van der Waals surface area contributed by atoms with Crippen LogP contribution in [0.3, 0.4) is 0 Å². The fraction of sp³-hybridized carbons (Fsp3) is 0.538. The van der Waals surface area contributed by atoms with E-state index in [0.29, 0.717) is 15.9 Å². The number of nitrogens with zero attached hydrogens (tertiary/aromatic N) is 1. The third-order valence-corrected chi connectivity index (χ3v) is 6.83. The molecule has 0 fully saturated rings. The molecule has 0 saturated heterocycles. The van der Waals surface area contributed by atoms with Crippen molar-refractivity contribution in [3.05, 3.63) is 28.2 Å². The largest absolute Gasteiger partial charge is 0.316 e. The molecule has 1 unspecified atom stereocenters. The average Bonchev–Trinajstić information content (AvgIpc) is 2.38. The molecule has 0 aliphatic carbocycles. The first-order valence-electron chi connectivity index (χ1n) is 6.24. The van der Waals surface area contributed by atoms with Gasteiger partial charge in [-0.05, 0) is 53.9 Å². The molecule has 1 N–H and O–H groups in total. The minimum Gasteiger partial charge on any atom is -0.316 e. The van der Waals surface area contributed by atoms with Crippen LogP contribution >= 0.6 is 27.7 Å². The fourth-order valence-corrected chi connectivity index (χ4v) is 5.05. The maximum Gasteiger partial charge on any atom is 0.244 e. The first-order valence-corrected chi connectivity index (χ1v) is 9.87. The Hall–Kier alpha value is -0.0800. The minimum absolute atomic E-state index is 0.0427. The van der Waals surface area contributed by atoms with Gasteiger partial charge in [0.2, 0.25) is 10.0 Å². The van der Waals surface area contributed by atoms with E-state index < -0.39 is 10.0 Å². The minimum atomic E-state index is -3.47. The summed E-state index contributed by atoms with van der Waals surface area (Å²) in [5, 5.41) is 3.04. The van der Waals surface area contributed by atoms with Gasteiger partial charge in [0.25, 0.3) is 0 Å². The standard InChI is InChI=1S/C13H21BrN2O2S2/c1-10(9-19-4)16(3)20(17,18)13-6-5-11(8-15-2)7-12(13)14/h5-7,10,15H,8-9H2,1-4H3. The van der Waals surface area contributed by atoms with Gasteiger partial charge in [0.15, 0.2) is 0 Å². The molecule has 0 aliphatic heterocycles. The zero-order valence-corrected chi connectivity index (χ0v) is 15.4. The number of rotatable bonds is 7. The summed E-state index contributed by atoms with van der Waals surface area (Å²) in [6.07, 6.45) is 1.97. The molecule has 0 spiro atoms. The maximum atomic E-state index is 12.6. The predicted octanol–water partition coefficient (Wildman–Crippen LogP) is 2.54. The van der Waals surface area contributed by atoms with E-state index in [0.717, 1.165) is 11.3 Å². The third-order valence-electron chi connectivity index (χ3n) is 3.06. The Labute approximate surface area is 134 Å². The second-order valence-corrected chi connectivity index (χ2v) is 8.35. The highest BCUT2D eigenvalue weighted by molar-refractivity contribution is 9.10. The quantitative estimate of drug-likeness (QED) is 0.789. The van der Waals surface area contributed by atoms with Crippen molar-refractivity contribution in [2.24, 2.45) is 0 Å². The van der Waals surface area contributed by atoms with Crippen LogP contribution in [0.4, 0.5) is 0 Å². The van der Waals surface area contributed by atoms with Gasteiger partial charge in [-0.3, -0.25) is 0 Å². The highest BCUT2D eigenvalue weighted by Gasteiger charge is 2.27. The van der Waals surface area contributed by atoms with Crippen molar-refractivity contribution >= 4 is 37.7 Å². The van der Waals surface area contributed by atoms with Crippen molar-refractivity contribution in [2.75, 3.05) is 26.1 Å². The monoisotopic (exact) mass is 380 g/mol. The molecule has 20 heavy (non-hydrogen) atoms. The van der Waals surface area contributed by atoms with Crippen LogP contribution in [0.1, 0.15) is 12.5 Å². The molecule has 1 aromatic rings. The summed E-state index contributed by atoms with van der Waals surface area (Å²) in [5.41, 5.74) is 1.04. The zero-order valence-electron chi connectivity index (χ0n) is 12.2. The summed E-state index contributed by atoms with van der Waals surface area (Å²) < 4.78 is 27.3. The molecule has 114 valence electrons. The van der Waals surface area contributed by atoms with Gasteiger partial charge < -0.3 is 5.32 Å². The van der Waals surface area contributed by atoms with E-state index in [4.69, 9.17) is 0 Å². The topological polar surface area (TPSA) is 49.4 Å². The number of hydrogen-bond acceptors (Lipinski definition) is 4. The van der Waals surface area contributed by atoms with Gasteiger partial charge in [0.05, 0.1) is 4.90 Å². The Morgan fingerprint density at radius 2 is 2.10 bits per heavy atom. The Kier molecular flexibility index (Phi) is 7.00. The van der Waals surface area contributed by atoms with Gasteiger partial charge in [0.1, 0.15) is 0 Å². The molecule has 0 amide bonds. The van der Waals surface area contributed by atoms with E-state index in [-0.39, 0.29) is 6.04 Å². The molecule has 0 saturated carbocycles. The molecule has 0 radical (unpaired) electrons. The van der Waals surface area contributed by atoms with Crippen molar-refractivity contribution in [3.8, 4) is 0 Å². The Balaban J connectivity index is 3.09. The molecule has 0 aromatic heterocycles. The smallest absolute Gasteiger partial charge is 0.244 e. The normalized spacial score (nSPS) is 13.7. The lowest BCUT2D eigenvalue weighted by molar-refractivity contribution is 0.415. The number of benzene rings is 1. The molecule has 0 aliphatic rings. The lowest BCUT2D eigenvalue weighted by atomic mass is 10.2. The Morgan fingerprint density at radius 1 is 1.45 bits per heavy atom. The fourth-order valence-electron chi connectivity index (χ4n) is 1.81. The summed E-state index contributed by atoms with van der Waals surface area (Å²) in [4.78, 5) is 0.313. The van der Waals surface area contributed by atoms with Crippen LogP contribution in [-0.4, -0.2) is 44.9 Å². The predicted molar refractivity (Wildman–Crippen MR) is 89.7 cm³/mol. The van der Waals surface area contributed by atoms with Crippen molar-refractivity contribution in [2.45, 2.75) is 24.4 Å². The summed E-state index contributed by atoms with van der Waals surface area (Å²) in [7, 11) is 0.0166. The zero-order chi connectivity index (χ0) is 15.3. The third kappa shape index (κ3) is 4.21. The second kappa shape index (κ2) is 7.79. The van der Waals surface area contributed by atoms with E-state index in [1.165, 1.54) is 4.31 Å². The molecule has 4 nitrogen and oxygen atoms in total. The molecule has 0 heterocycles. The average molecular weight is 381 g/mol. The van der Waals surface area contributed by atoms with Crippen LogP contribution < -0.4 is 5.32 Å². The first kappa shape index (κ1) is 18.0. The molecule has 0 bridgehead atoms. The molecule has 1 aromatic carbocycles. The maximum absolute atomic E-state index is 12.6. The van der Waals surface area contributed by atoms with Gasteiger partial charge in [-0.15, -0.1) is 0 Å². The van der Waals surface area contributed by atoms with Crippen LogP contribution in [0.15, 0.2) is 27.6 Å². The van der Waals surface area contributed by atoms with Crippen molar-refractivity contribution in [3.63, 3.8) is 0 Å². The van der Waals surface area contributed by atoms with E-state index in [9.17, 15) is 8.42 Å². The van der Waals surface area contributed by atoms with E-state index in [1.54, 1.807) is 24.9 Å². The van der Waals surface area contributed by atoms with E-state index in [1.807, 2.05) is 32.4 Å². The Bertz CT molecular complexity index is 549. The van der Waals surface area contributed by atoms with Crippen molar-refractivity contribution < 1.29 is 8.42 Å². The first-order chi connectivity index (χ1) is 9.34. The van der Waals surface area contributed by atoms with Crippen molar-refractivity contribution in [1.29, 1.82) is 0 Å². The molecular formula is C13H21BrN2O2S2. The van der Waals surface area contributed by atoms with Crippen LogP contribution in [0, 0.1) is 0 Å².